The molecule has 1 aromatic heterocycles. The normalized spacial score (nSPS) is 17.5. The number of para-hydroxylation sites is 1. The minimum atomic E-state index is -0.830. The van der Waals surface area contributed by atoms with E-state index in [4.69, 9.17) is 16.3 Å². The molecule has 170 valence electrons. The standard InChI is InChI=1S/C27H21ClN2O4/c1-2-34-19-13-11-18(12-14-19)30-24(16-7-9-17(28)10-8-16)23(26(32)27(30)33)25(31)21-15-29-22-6-4-3-5-20(21)22/h3-15,24,29,31H,2H2,1H3/b25-23-. The van der Waals surface area contributed by atoms with Crippen LogP contribution in [0, 0.1) is 0 Å². The third-order valence-corrected chi connectivity index (χ3v) is 6.15. The second kappa shape index (κ2) is 8.72. The van der Waals surface area contributed by atoms with E-state index in [0.29, 0.717) is 34.2 Å². The number of aromatic nitrogens is 1. The Bertz CT molecular complexity index is 1420. The van der Waals surface area contributed by atoms with Crippen LogP contribution in [-0.4, -0.2) is 28.4 Å². The number of halogens is 1. The molecule has 2 N–H and O–H groups in total. The molecule has 0 saturated carbocycles. The largest absolute Gasteiger partial charge is 0.507 e. The van der Waals surface area contributed by atoms with Crippen molar-refractivity contribution >= 4 is 45.6 Å². The summed E-state index contributed by atoms with van der Waals surface area (Å²) < 4.78 is 5.51. The highest BCUT2D eigenvalue weighted by molar-refractivity contribution is 6.51. The molecule has 34 heavy (non-hydrogen) atoms. The van der Waals surface area contributed by atoms with E-state index in [-0.39, 0.29) is 11.3 Å². The molecule has 2 heterocycles. The summed E-state index contributed by atoms with van der Waals surface area (Å²) in [6, 6.07) is 20.5. The van der Waals surface area contributed by atoms with Crippen molar-refractivity contribution in [3.05, 3.63) is 101 Å². The third-order valence-electron chi connectivity index (χ3n) is 5.90. The first-order chi connectivity index (χ1) is 16.5. The summed E-state index contributed by atoms with van der Waals surface area (Å²) in [6.45, 7) is 2.40. The van der Waals surface area contributed by atoms with E-state index < -0.39 is 17.7 Å². The van der Waals surface area contributed by atoms with E-state index in [1.165, 1.54) is 4.90 Å². The lowest BCUT2D eigenvalue weighted by Crippen LogP contribution is -2.29. The molecule has 0 radical (unpaired) electrons. The molecule has 1 atom stereocenters. The summed E-state index contributed by atoms with van der Waals surface area (Å²) in [5.74, 6) is -1.05. The number of nitrogens with one attached hydrogen (secondary N) is 1. The SMILES string of the molecule is CCOc1ccc(N2C(=O)C(=O)/C(=C(\O)c3c[nH]c4ccccc34)C2c2ccc(Cl)cc2)cc1. The fraction of sp³-hybridized carbons (Fsp3) is 0.111. The van der Waals surface area contributed by atoms with Crippen LogP contribution in [-0.2, 0) is 9.59 Å². The maximum atomic E-state index is 13.3. The van der Waals surface area contributed by atoms with Gasteiger partial charge in [-0.1, -0.05) is 41.9 Å². The Labute approximate surface area is 201 Å². The first kappa shape index (κ1) is 21.8. The van der Waals surface area contributed by atoms with Crippen molar-refractivity contribution in [3.63, 3.8) is 0 Å². The monoisotopic (exact) mass is 472 g/mol. The van der Waals surface area contributed by atoms with Crippen LogP contribution in [0.5, 0.6) is 5.75 Å². The summed E-state index contributed by atoms with van der Waals surface area (Å²) in [6.07, 6.45) is 1.64. The van der Waals surface area contributed by atoms with Gasteiger partial charge in [0.2, 0.25) is 0 Å². The number of Topliss-reactive ketones (excluding diaryl/α,β-unsaturated/α-hetero) is 1. The van der Waals surface area contributed by atoms with E-state index in [9.17, 15) is 14.7 Å². The first-order valence-electron chi connectivity index (χ1n) is 10.9. The van der Waals surface area contributed by atoms with E-state index >= 15 is 0 Å². The van der Waals surface area contributed by atoms with Gasteiger partial charge in [-0.3, -0.25) is 14.5 Å². The molecule has 6 nitrogen and oxygen atoms in total. The summed E-state index contributed by atoms with van der Waals surface area (Å²) >= 11 is 6.09. The highest BCUT2D eigenvalue weighted by Crippen LogP contribution is 2.43. The number of aliphatic hydroxyl groups excluding tert-OH is 1. The van der Waals surface area contributed by atoms with Gasteiger partial charge in [0.05, 0.1) is 18.2 Å². The van der Waals surface area contributed by atoms with E-state index in [0.717, 1.165) is 10.9 Å². The molecule has 0 bridgehead atoms. The van der Waals surface area contributed by atoms with Gasteiger partial charge in [-0.2, -0.15) is 0 Å². The van der Waals surface area contributed by atoms with Gasteiger partial charge in [-0.05, 0) is 55.0 Å². The fourth-order valence-electron chi connectivity index (χ4n) is 4.34. The molecular formula is C27H21ClN2O4. The number of ketones is 1. The number of hydrogen-bond donors (Lipinski definition) is 2. The second-order valence-corrected chi connectivity index (χ2v) is 8.33. The van der Waals surface area contributed by atoms with Gasteiger partial charge in [0.25, 0.3) is 11.7 Å². The Balaban J connectivity index is 1.70. The number of carbonyl (C=O) groups is 2. The van der Waals surface area contributed by atoms with Crippen molar-refractivity contribution in [2.24, 2.45) is 0 Å². The van der Waals surface area contributed by atoms with Crippen LogP contribution in [0.2, 0.25) is 5.02 Å². The van der Waals surface area contributed by atoms with E-state index in [1.54, 1.807) is 54.7 Å². The smallest absolute Gasteiger partial charge is 0.300 e. The molecule has 1 aliphatic rings. The summed E-state index contributed by atoms with van der Waals surface area (Å²) in [5.41, 5.74) is 2.46. The predicted octanol–water partition coefficient (Wildman–Crippen LogP) is 5.85. The van der Waals surface area contributed by atoms with Gasteiger partial charge >= 0.3 is 0 Å². The highest BCUT2D eigenvalue weighted by atomic mass is 35.5. The number of aliphatic hydroxyl groups is 1. The van der Waals surface area contributed by atoms with Crippen molar-refractivity contribution in [2.75, 3.05) is 11.5 Å². The molecule has 4 aromatic rings. The van der Waals surface area contributed by atoms with Crippen LogP contribution in [0.1, 0.15) is 24.1 Å². The molecular weight excluding hydrogens is 452 g/mol. The molecule has 1 saturated heterocycles. The molecule has 1 amide bonds. The maximum Gasteiger partial charge on any atom is 0.300 e. The minimum Gasteiger partial charge on any atom is -0.507 e. The second-order valence-electron chi connectivity index (χ2n) is 7.90. The zero-order valence-corrected chi connectivity index (χ0v) is 19.0. The zero-order chi connectivity index (χ0) is 23.8. The van der Waals surface area contributed by atoms with Crippen LogP contribution in [0.3, 0.4) is 0 Å². The predicted molar refractivity (Wildman–Crippen MR) is 132 cm³/mol. The van der Waals surface area contributed by atoms with E-state index in [1.807, 2.05) is 31.2 Å². The Morgan fingerprint density at radius 3 is 2.44 bits per heavy atom. The van der Waals surface area contributed by atoms with Gasteiger partial charge in [-0.25, -0.2) is 0 Å². The van der Waals surface area contributed by atoms with Crippen molar-refractivity contribution in [1.82, 2.24) is 4.98 Å². The number of anilines is 1. The lowest BCUT2D eigenvalue weighted by atomic mass is 9.95. The first-order valence-corrected chi connectivity index (χ1v) is 11.2. The van der Waals surface area contributed by atoms with Gasteiger partial charge in [-0.15, -0.1) is 0 Å². The van der Waals surface area contributed by atoms with Gasteiger partial charge in [0.15, 0.2) is 0 Å². The number of aromatic amines is 1. The molecule has 0 aliphatic carbocycles. The number of ether oxygens (including phenoxy) is 1. The minimum absolute atomic E-state index is 0.0194. The zero-order valence-electron chi connectivity index (χ0n) is 18.3. The molecule has 1 unspecified atom stereocenters. The van der Waals surface area contributed by atoms with Gasteiger partial charge in [0.1, 0.15) is 11.5 Å². The number of amides is 1. The van der Waals surface area contributed by atoms with Crippen molar-refractivity contribution in [2.45, 2.75) is 13.0 Å². The molecule has 3 aromatic carbocycles. The van der Waals surface area contributed by atoms with Crippen molar-refractivity contribution < 1.29 is 19.4 Å². The Kier molecular flexibility index (Phi) is 5.59. The fourth-order valence-corrected chi connectivity index (χ4v) is 4.47. The molecule has 0 spiro atoms. The number of H-pyrrole nitrogens is 1. The van der Waals surface area contributed by atoms with Crippen LogP contribution in [0.15, 0.2) is 84.6 Å². The number of nitrogens with zero attached hydrogens (tertiary/aromatic N) is 1. The number of benzene rings is 3. The lowest BCUT2D eigenvalue weighted by Gasteiger charge is -2.25. The number of hydrogen-bond acceptors (Lipinski definition) is 4. The third kappa shape index (κ3) is 3.62. The molecule has 1 aliphatic heterocycles. The van der Waals surface area contributed by atoms with Crippen LogP contribution < -0.4 is 9.64 Å². The number of rotatable bonds is 5. The van der Waals surface area contributed by atoms with Crippen molar-refractivity contribution in [3.8, 4) is 5.75 Å². The number of fused-ring (bicyclic) bond motifs is 1. The van der Waals surface area contributed by atoms with Crippen molar-refractivity contribution in [1.29, 1.82) is 0 Å². The highest BCUT2D eigenvalue weighted by Gasteiger charge is 2.47. The topological polar surface area (TPSA) is 82.6 Å². The summed E-state index contributed by atoms with van der Waals surface area (Å²) in [5, 5.41) is 12.7. The van der Waals surface area contributed by atoms with Crippen LogP contribution >= 0.6 is 11.6 Å². The number of carbonyl (C=O) groups excluding carboxylic acids is 2. The average Bonchev–Trinajstić information content (AvgIpc) is 3.39. The summed E-state index contributed by atoms with van der Waals surface area (Å²) in [7, 11) is 0. The molecule has 1 fully saturated rings. The molecule has 7 heteroatoms. The average molecular weight is 473 g/mol. The quantitative estimate of drug-likeness (QED) is 0.217. The van der Waals surface area contributed by atoms with Gasteiger partial charge < -0.3 is 14.8 Å². The maximum absolute atomic E-state index is 13.3. The Hall–Kier alpha value is -4.03. The van der Waals surface area contributed by atoms with Crippen LogP contribution in [0.4, 0.5) is 5.69 Å². The molecule has 5 rings (SSSR count). The Morgan fingerprint density at radius 2 is 1.74 bits per heavy atom. The van der Waals surface area contributed by atoms with Crippen LogP contribution in [0.25, 0.3) is 16.7 Å². The summed E-state index contributed by atoms with van der Waals surface area (Å²) in [4.78, 5) is 31.1. The van der Waals surface area contributed by atoms with E-state index in [2.05, 4.69) is 4.98 Å². The Morgan fingerprint density at radius 1 is 1.03 bits per heavy atom. The van der Waals surface area contributed by atoms with Gasteiger partial charge in [0, 0.05) is 33.4 Å². The lowest BCUT2D eigenvalue weighted by molar-refractivity contribution is -0.132.